The molecule has 1 atom stereocenters. The highest BCUT2D eigenvalue weighted by molar-refractivity contribution is 7.92. The van der Waals surface area contributed by atoms with Crippen molar-refractivity contribution in [2.75, 3.05) is 32.8 Å². The first kappa shape index (κ1) is 40.4. The number of carbonyl (C=O) groups excluding carboxylic acids is 1. The smallest absolute Gasteiger partial charge is 0.319 e. The molecule has 1 amide bonds. The predicted octanol–water partition coefficient (Wildman–Crippen LogP) is 6.65. The van der Waals surface area contributed by atoms with E-state index in [1.165, 1.54) is 21.7 Å². The molecule has 6 rings (SSSR count). The van der Waals surface area contributed by atoms with Crippen LogP contribution in [0.1, 0.15) is 54.4 Å². The van der Waals surface area contributed by atoms with Crippen molar-refractivity contribution in [3.05, 3.63) is 137 Å². The van der Waals surface area contributed by atoms with E-state index in [-0.39, 0.29) is 17.6 Å². The van der Waals surface area contributed by atoms with E-state index in [0.29, 0.717) is 56.1 Å². The van der Waals surface area contributed by atoms with Gasteiger partial charge in [-0.05, 0) is 107 Å². The molecular formula is C44H52N2O6S2Si. The van der Waals surface area contributed by atoms with Gasteiger partial charge in [-0.15, -0.1) is 11.3 Å². The average molecular weight is 797 g/mol. The third-order valence-electron chi connectivity index (χ3n) is 10.4. The minimum Gasteiger partial charge on any atom is -0.534 e. The first-order valence-corrected chi connectivity index (χ1v) is 23.3. The summed E-state index contributed by atoms with van der Waals surface area (Å²) in [6, 6.07) is 37.7. The number of rotatable bonds is 15. The fraction of sp³-hybridized carbons (Fsp3) is 0.341. The highest BCUT2D eigenvalue weighted by Gasteiger charge is 2.52. The van der Waals surface area contributed by atoms with Crippen LogP contribution in [-0.2, 0) is 16.3 Å². The lowest BCUT2D eigenvalue weighted by atomic mass is 10.1. The largest absolute Gasteiger partial charge is 0.534 e. The summed E-state index contributed by atoms with van der Waals surface area (Å²) < 4.78 is 39.8. The molecule has 0 spiro atoms. The van der Waals surface area contributed by atoms with Crippen molar-refractivity contribution in [3.8, 4) is 11.5 Å². The molecule has 1 aliphatic heterocycles. The fourth-order valence-corrected chi connectivity index (χ4v) is 14.4. The highest BCUT2D eigenvalue weighted by Crippen LogP contribution is 2.38. The predicted molar refractivity (Wildman–Crippen MR) is 224 cm³/mol. The SMILES string of the molecule is Cc1ccsc1C(=O)N1CCC(S(=O)(=O)c2ccc(CCNC[C@H](O)COc3ccc(O[Si](c4ccccc4)(c4ccccc4)C(C)(C)C)cc3)cc2)CC1. The van der Waals surface area contributed by atoms with E-state index in [1.54, 1.807) is 17.0 Å². The van der Waals surface area contributed by atoms with Gasteiger partial charge in [0.25, 0.3) is 5.91 Å². The van der Waals surface area contributed by atoms with E-state index in [4.69, 9.17) is 9.16 Å². The molecule has 1 fully saturated rings. The Balaban J connectivity index is 0.949. The Hall–Kier alpha value is -4.26. The summed E-state index contributed by atoms with van der Waals surface area (Å²) in [5.74, 6) is 1.41. The minimum atomic E-state index is -3.50. The average Bonchev–Trinajstić information content (AvgIpc) is 3.64. The molecule has 4 aromatic carbocycles. The number of carbonyl (C=O) groups is 1. The third kappa shape index (κ3) is 9.41. The van der Waals surface area contributed by atoms with Crippen LogP contribution in [0.25, 0.3) is 0 Å². The second-order valence-electron chi connectivity index (χ2n) is 15.3. The number of thiophene rings is 1. The number of nitrogens with one attached hydrogen (secondary N) is 1. The number of sulfone groups is 1. The zero-order valence-corrected chi connectivity index (χ0v) is 34.7. The van der Waals surface area contributed by atoms with Crippen LogP contribution in [-0.4, -0.2) is 76.8 Å². The first-order valence-electron chi connectivity index (χ1n) is 19.0. The Morgan fingerprint density at radius 1 is 0.873 bits per heavy atom. The molecule has 0 aliphatic carbocycles. The van der Waals surface area contributed by atoms with Gasteiger partial charge in [0.1, 0.15) is 24.2 Å². The van der Waals surface area contributed by atoms with Crippen molar-refractivity contribution in [1.82, 2.24) is 10.2 Å². The summed E-state index contributed by atoms with van der Waals surface area (Å²) in [4.78, 5) is 15.7. The number of aryl methyl sites for hydroxylation is 1. The number of benzene rings is 4. The molecule has 1 aromatic heterocycles. The Morgan fingerprint density at radius 2 is 1.45 bits per heavy atom. The van der Waals surface area contributed by atoms with Crippen LogP contribution in [0.15, 0.2) is 126 Å². The van der Waals surface area contributed by atoms with E-state index in [9.17, 15) is 18.3 Å². The Labute approximate surface area is 331 Å². The van der Waals surface area contributed by atoms with Gasteiger partial charge in [-0.25, -0.2) is 8.42 Å². The van der Waals surface area contributed by atoms with Crippen molar-refractivity contribution in [1.29, 1.82) is 0 Å². The summed E-state index contributed by atoms with van der Waals surface area (Å²) in [5.41, 5.74) is 1.96. The van der Waals surface area contributed by atoms with Crippen molar-refractivity contribution >= 4 is 45.8 Å². The molecule has 55 heavy (non-hydrogen) atoms. The maximum Gasteiger partial charge on any atom is 0.319 e. The summed E-state index contributed by atoms with van der Waals surface area (Å²) in [6.45, 7) is 10.7. The summed E-state index contributed by atoms with van der Waals surface area (Å²) in [7, 11) is -6.25. The molecule has 0 radical (unpaired) electrons. The number of ether oxygens (including phenoxy) is 1. The molecule has 1 saturated heterocycles. The van der Waals surface area contributed by atoms with Crippen molar-refractivity contribution < 1.29 is 27.5 Å². The number of hydrogen-bond donors (Lipinski definition) is 2. The molecular weight excluding hydrogens is 745 g/mol. The van der Waals surface area contributed by atoms with E-state index < -0.39 is 29.5 Å². The van der Waals surface area contributed by atoms with Crippen molar-refractivity contribution in [2.24, 2.45) is 0 Å². The van der Waals surface area contributed by atoms with Gasteiger partial charge in [-0.2, -0.15) is 0 Å². The van der Waals surface area contributed by atoms with Crippen LogP contribution in [0.2, 0.25) is 5.04 Å². The molecule has 0 saturated carbocycles. The second-order valence-corrected chi connectivity index (χ2v) is 22.6. The number of aliphatic hydroxyl groups is 1. The lowest BCUT2D eigenvalue weighted by Gasteiger charge is -2.43. The summed E-state index contributed by atoms with van der Waals surface area (Å²) in [6.07, 6.45) is 0.831. The van der Waals surface area contributed by atoms with Crippen molar-refractivity contribution in [3.63, 3.8) is 0 Å². The molecule has 8 nitrogen and oxygen atoms in total. The highest BCUT2D eigenvalue weighted by atomic mass is 32.2. The number of piperidine rings is 1. The summed E-state index contributed by atoms with van der Waals surface area (Å²) in [5, 5.41) is 17.6. The molecule has 0 unspecified atom stereocenters. The van der Waals surface area contributed by atoms with Gasteiger partial charge in [-0.1, -0.05) is 93.6 Å². The van der Waals surface area contributed by atoms with Gasteiger partial charge in [0.05, 0.1) is 15.0 Å². The normalized spacial score (nSPS) is 14.7. The second kappa shape index (κ2) is 17.7. The molecule has 290 valence electrons. The van der Waals surface area contributed by atoms with Gasteiger partial charge in [0, 0.05) is 19.6 Å². The molecule has 2 N–H and O–H groups in total. The van der Waals surface area contributed by atoms with E-state index in [2.05, 4.69) is 74.6 Å². The molecule has 0 bridgehead atoms. The van der Waals surface area contributed by atoms with E-state index in [1.807, 2.05) is 66.9 Å². The maximum absolute atomic E-state index is 13.4. The Kier molecular flexibility index (Phi) is 13.0. The van der Waals surface area contributed by atoms with Crippen molar-refractivity contribution in [2.45, 2.75) is 68.2 Å². The Morgan fingerprint density at radius 3 is 2.00 bits per heavy atom. The quantitative estimate of drug-likeness (QED) is 0.0904. The van der Waals surface area contributed by atoms with E-state index in [0.717, 1.165) is 21.8 Å². The van der Waals surface area contributed by atoms with Gasteiger partial charge < -0.3 is 24.5 Å². The number of nitrogens with zero attached hydrogens (tertiary/aromatic N) is 1. The van der Waals surface area contributed by atoms with Gasteiger partial charge in [0.2, 0.25) is 0 Å². The van der Waals surface area contributed by atoms with Crippen LogP contribution in [0.4, 0.5) is 0 Å². The molecule has 1 aliphatic rings. The van der Waals surface area contributed by atoms with Gasteiger partial charge in [-0.3, -0.25) is 4.79 Å². The minimum absolute atomic E-state index is 0.00936. The van der Waals surface area contributed by atoms with Crippen LogP contribution < -0.4 is 24.9 Å². The zero-order valence-electron chi connectivity index (χ0n) is 32.1. The standard InChI is InChI=1S/C44H52N2O6S2Si/c1-33-26-30-53-42(33)43(48)46-28-24-39(25-29-46)54(49,50)38-21-15-34(16-22-38)23-27-45-31-35(47)32-51-36-17-19-37(20-18-36)52-55(44(2,3)4,40-11-7-5-8-12-40)41-13-9-6-10-14-41/h5-22,26,30,35,39,45,47H,23-25,27-29,31-32H2,1-4H3/t35-/m0/s1. The Bertz CT molecular complexity index is 2050. The zero-order chi connectivity index (χ0) is 39.1. The monoisotopic (exact) mass is 796 g/mol. The third-order valence-corrected chi connectivity index (χ3v) is 18.6. The van der Waals surface area contributed by atoms with E-state index >= 15 is 0 Å². The molecule has 2 heterocycles. The summed E-state index contributed by atoms with van der Waals surface area (Å²) >= 11 is 1.43. The van der Waals surface area contributed by atoms with Crippen LogP contribution in [0.3, 0.4) is 0 Å². The first-order chi connectivity index (χ1) is 26.4. The number of aliphatic hydroxyl groups excluding tert-OH is 1. The number of likely N-dealkylation sites (tertiary alicyclic amines) is 1. The lowest BCUT2D eigenvalue weighted by Crippen LogP contribution is -2.68. The van der Waals surface area contributed by atoms with Gasteiger partial charge >= 0.3 is 8.32 Å². The lowest BCUT2D eigenvalue weighted by molar-refractivity contribution is 0.0730. The van der Waals surface area contributed by atoms with Crippen LogP contribution in [0.5, 0.6) is 11.5 Å². The maximum atomic E-state index is 13.4. The van der Waals surface area contributed by atoms with Crippen LogP contribution in [0, 0.1) is 6.92 Å². The number of amides is 1. The van der Waals surface area contributed by atoms with Gasteiger partial charge in [0.15, 0.2) is 9.84 Å². The molecule has 11 heteroatoms. The van der Waals surface area contributed by atoms with Crippen LogP contribution >= 0.6 is 11.3 Å². The molecule has 5 aromatic rings. The fourth-order valence-electron chi connectivity index (χ4n) is 7.33. The number of hydrogen-bond acceptors (Lipinski definition) is 8. The topological polar surface area (TPSA) is 105 Å².